The molecular formula is C22H22BrN3O2S. The lowest BCUT2D eigenvalue weighted by molar-refractivity contribution is -0.116. The zero-order chi connectivity index (χ0) is 20.2. The molecule has 4 rings (SSSR count). The quantitative estimate of drug-likeness (QED) is 0.370. The van der Waals surface area contributed by atoms with Crippen LogP contribution in [0.3, 0.4) is 0 Å². The fourth-order valence-corrected chi connectivity index (χ4v) is 4.68. The number of thioether (sulfide) groups is 1. The Morgan fingerprint density at radius 2 is 2.14 bits per heavy atom. The number of nitrogens with one attached hydrogen (secondary N) is 1. The summed E-state index contributed by atoms with van der Waals surface area (Å²) in [7, 11) is 0. The zero-order valence-corrected chi connectivity index (χ0v) is 18.6. The van der Waals surface area contributed by atoms with Gasteiger partial charge < -0.3 is 10.1 Å². The molecule has 0 unspecified atom stereocenters. The monoisotopic (exact) mass is 471 g/mol. The van der Waals surface area contributed by atoms with E-state index >= 15 is 0 Å². The minimum absolute atomic E-state index is 0.0832. The Hall–Kier alpha value is -2.25. The van der Waals surface area contributed by atoms with Crippen molar-refractivity contribution in [2.75, 3.05) is 17.7 Å². The second kappa shape index (κ2) is 9.05. The lowest BCUT2D eigenvalue weighted by Gasteiger charge is -2.17. The third-order valence-corrected chi connectivity index (χ3v) is 6.33. The number of rotatable bonds is 7. The van der Waals surface area contributed by atoms with E-state index in [0.29, 0.717) is 13.0 Å². The van der Waals surface area contributed by atoms with Crippen molar-refractivity contribution in [2.24, 2.45) is 0 Å². The topological polar surface area (TPSA) is 56.2 Å². The van der Waals surface area contributed by atoms with Gasteiger partial charge in [-0.15, -0.1) is 0 Å². The summed E-state index contributed by atoms with van der Waals surface area (Å²) in [5.41, 5.74) is 4.39. The summed E-state index contributed by atoms with van der Waals surface area (Å²) < 4.78 is 9.12. The van der Waals surface area contributed by atoms with Gasteiger partial charge in [-0.3, -0.25) is 9.36 Å². The van der Waals surface area contributed by atoms with Gasteiger partial charge in [-0.2, -0.15) is 0 Å². The van der Waals surface area contributed by atoms with Crippen LogP contribution in [0, 0.1) is 6.92 Å². The molecule has 0 radical (unpaired) electrons. The predicted molar refractivity (Wildman–Crippen MR) is 120 cm³/mol. The molecule has 2 aromatic carbocycles. The molecule has 1 aliphatic heterocycles. The number of hydrogen-bond donors (Lipinski definition) is 1. The molecule has 1 aromatic heterocycles. The molecule has 1 N–H and O–H groups in total. The number of imidazole rings is 1. The highest BCUT2D eigenvalue weighted by Crippen LogP contribution is 2.28. The summed E-state index contributed by atoms with van der Waals surface area (Å²) in [6.07, 6.45) is 6.07. The highest BCUT2D eigenvalue weighted by atomic mass is 79.9. The lowest BCUT2D eigenvalue weighted by Crippen LogP contribution is -2.18. The Morgan fingerprint density at radius 1 is 1.24 bits per heavy atom. The number of aromatic nitrogens is 2. The smallest absolute Gasteiger partial charge is 0.224 e. The number of benzene rings is 2. The van der Waals surface area contributed by atoms with E-state index in [4.69, 9.17) is 4.74 Å². The Bertz CT molecular complexity index is 1030. The number of aryl methyl sites for hydroxylation is 2. The van der Waals surface area contributed by atoms with Crippen LogP contribution in [0.15, 0.2) is 58.4 Å². The highest BCUT2D eigenvalue weighted by molar-refractivity contribution is 9.10. The molecule has 0 bridgehead atoms. The standard InChI is InChI=1S/C22H22BrN3O2S/c1-15-13-17(23)4-7-20(15)26-10-9-24-22(26)29-12-2-11-28-18-5-6-19-16(14-18)3-8-21(27)25-19/h4-7,9-10,13-14H,2-3,8,11-12H2,1H3,(H,25,27). The fraction of sp³-hybridized carbons (Fsp3) is 0.273. The van der Waals surface area contributed by atoms with E-state index < -0.39 is 0 Å². The number of hydrogen-bond acceptors (Lipinski definition) is 4. The van der Waals surface area contributed by atoms with E-state index in [1.54, 1.807) is 11.8 Å². The molecule has 2 heterocycles. The van der Waals surface area contributed by atoms with Gasteiger partial charge in [0.1, 0.15) is 5.75 Å². The van der Waals surface area contributed by atoms with E-state index in [1.807, 2.05) is 30.6 Å². The number of halogens is 1. The molecule has 0 saturated carbocycles. The molecule has 5 nitrogen and oxygen atoms in total. The molecule has 3 aromatic rings. The molecule has 1 aliphatic rings. The van der Waals surface area contributed by atoms with Crippen molar-refractivity contribution in [3.63, 3.8) is 0 Å². The first-order valence-electron chi connectivity index (χ1n) is 9.58. The van der Waals surface area contributed by atoms with Gasteiger partial charge in [-0.1, -0.05) is 27.7 Å². The average Bonchev–Trinajstić information content (AvgIpc) is 3.16. The molecule has 0 atom stereocenters. The largest absolute Gasteiger partial charge is 0.494 e. The Labute approximate surface area is 183 Å². The van der Waals surface area contributed by atoms with Crippen molar-refractivity contribution in [3.05, 3.63) is 64.4 Å². The van der Waals surface area contributed by atoms with Crippen LogP contribution in [-0.2, 0) is 11.2 Å². The highest BCUT2D eigenvalue weighted by Gasteiger charge is 2.15. The normalized spacial score (nSPS) is 13.1. The molecular weight excluding hydrogens is 450 g/mol. The summed E-state index contributed by atoms with van der Waals surface area (Å²) in [4.78, 5) is 16.0. The SMILES string of the molecule is Cc1cc(Br)ccc1-n1ccnc1SCCCOc1ccc2c(c1)CCC(=O)N2. The van der Waals surface area contributed by atoms with Crippen LogP contribution in [0.5, 0.6) is 5.75 Å². The van der Waals surface area contributed by atoms with E-state index in [1.165, 1.54) is 5.56 Å². The predicted octanol–water partition coefficient (Wildman–Crippen LogP) is 5.39. The van der Waals surface area contributed by atoms with Crippen LogP contribution in [-0.4, -0.2) is 27.8 Å². The molecule has 1 amide bonds. The molecule has 7 heteroatoms. The summed E-state index contributed by atoms with van der Waals surface area (Å²) in [6, 6.07) is 12.1. The summed E-state index contributed by atoms with van der Waals surface area (Å²) in [5.74, 6) is 1.87. The molecule has 29 heavy (non-hydrogen) atoms. The molecule has 0 aliphatic carbocycles. The molecule has 0 saturated heterocycles. The zero-order valence-electron chi connectivity index (χ0n) is 16.2. The van der Waals surface area contributed by atoms with Gasteiger partial charge >= 0.3 is 0 Å². The van der Waals surface area contributed by atoms with Gasteiger partial charge in [0.15, 0.2) is 5.16 Å². The van der Waals surface area contributed by atoms with Crippen molar-refractivity contribution >= 4 is 39.3 Å². The number of anilines is 1. The van der Waals surface area contributed by atoms with Gasteiger partial charge in [0.2, 0.25) is 5.91 Å². The van der Waals surface area contributed by atoms with Crippen LogP contribution in [0.2, 0.25) is 0 Å². The van der Waals surface area contributed by atoms with Gasteiger partial charge in [-0.25, -0.2) is 4.98 Å². The van der Waals surface area contributed by atoms with Crippen LogP contribution < -0.4 is 10.1 Å². The Kier molecular flexibility index (Phi) is 6.25. The van der Waals surface area contributed by atoms with Gasteiger partial charge in [0, 0.05) is 34.7 Å². The second-order valence-corrected chi connectivity index (χ2v) is 8.91. The van der Waals surface area contributed by atoms with E-state index in [2.05, 4.69) is 55.9 Å². The molecule has 150 valence electrons. The maximum atomic E-state index is 11.4. The Balaban J connectivity index is 1.29. The van der Waals surface area contributed by atoms with Gasteiger partial charge in [-0.05, 0) is 67.3 Å². The number of fused-ring (bicyclic) bond motifs is 1. The van der Waals surface area contributed by atoms with Gasteiger partial charge in [0.05, 0.1) is 12.3 Å². The van der Waals surface area contributed by atoms with Crippen molar-refractivity contribution in [1.29, 1.82) is 0 Å². The Morgan fingerprint density at radius 3 is 3.00 bits per heavy atom. The van der Waals surface area contributed by atoms with Crippen molar-refractivity contribution in [1.82, 2.24) is 9.55 Å². The van der Waals surface area contributed by atoms with E-state index in [-0.39, 0.29) is 5.91 Å². The third kappa shape index (κ3) is 4.85. The van der Waals surface area contributed by atoms with E-state index in [9.17, 15) is 4.79 Å². The van der Waals surface area contributed by atoms with Gasteiger partial charge in [0.25, 0.3) is 0 Å². The average molecular weight is 472 g/mol. The number of ether oxygens (including phenoxy) is 1. The molecule has 0 spiro atoms. The minimum Gasteiger partial charge on any atom is -0.494 e. The maximum Gasteiger partial charge on any atom is 0.224 e. The number of carbonyl (C=O) groups is 1. The van der Waals surface area contributed by atoms with Crippen LogP contribution in [0.25, 0.3) is 5.69 Å². The van der Waals surface area contributed by atoms with Crippen molar-refractivity contribution in [2.45, 2.75) is 31.3 Å². The number of carbonyl (C=O) groups excluding carboxylic acids is 1. The fourth-order valence-electron chi connectivity index (χ4n) is 3.33. The summed E-state index contributed by atoms with van der Waals surface area (Å²) in [5, 5.41) is 3.88. The van der Waals surface area contributed by atoms with E-state index in [0.717, 1.165) is 50.9 Å². The minimum atomic E-state index is 0.0832. The summed E-state index contributed by atoms with van der Waals surface area (Å²) >= 11 is 5.25. The lowest BCUT2D eigenvalue weighted by atomic mass is 10.0. The second-order valence-electron chi connectivity index (χ2n) is 6.93. The van der Waals surface area contributed by atoms with Crippen LogP contribution >= 0.6 is 27.7 Å². The van der Waals surface area contributed by atoms with Crippen molar-refractivity contribution in [3.8, 4) is 11.4 Å². The first-order valence-corrected chi connectivity index (χ1v) is 11.4. The number of amides is 1. The number of nitrogens with zero attached hydrogens (tertiary/aromatic N) is 2. The van der Waals surface area contributed by atoms with Crippen LogP contribution in [0.4, 0.5) is 5.69 Å². The first kappa shape index (κ1) is 20.0. The summed E-state index contributed by atoms with van der Waals surface area (Å²) in [6.45, 7) is 2.75. The van der Waals surface area contributed by atoms with Crippen molar-refractivity contribution < 1.29 is 9.53 Å². The third-order valence-electron chi connectivity index (χ3n) is 4.79. The molecule has 0 fully saturated rings. The first-order chi connectivity index (χ1) is 14.1. The maximum absolute atomic E-state index is 11.4. The van der Waals surface area contributed by atoms with Crippen LogP contribution in [0.1, 0.15) is 24.0 Å².